The van der Waals surface area contributed by atoms with Gasteiger partial charge in [0.05, 0.1) is 0 Å². The van der Waals surface area contributed by atoms with Gasteiger partial charge in [-0.15, -0.1) is 0 Å². The standard InChI is InChI=1S/C30H55N3O4/c1-26(34)27(21-19-20-24-32-33-31)25-28(35)22-17-15-13-11-9-7-5-6-8-10-12-14-16-18-23-29(36)37-30(2,3)4/h27H,5-25H2,1-4H3. The van der Waals surface area contributed by atoms with Gasteiger partial charge >= 0.3 is 5.97 Å². The minimum absolute atomic E-state index is 0.0771. The van der Waals surface area contributed by atoms with Crippen LogP contribution in [-0.2, 0) is 19.1 Å². The first kappa shape index (κ1) is 35.1. The summed E-state index contributed by atoms with van der Waals surface area (Å²) in [7, 11) is 0. The molecule has 0 aliphatic rings. The molecule has 1 unspecified atom stereocenters. The second kappa shape index (κ2) is 23.3. The number of ketones is 2. The van der Waals surface area contributed by atoms with Crippen LogP contribution in [0, 0.1) is 5.92 Å². The van der Waals surface area contributed by atoms with E-state index >= 15 is 0 Å². The molecule has 0 fully saturated rings. The van der Waals surface area contributed by atoms with Crippen molar-refractivity contribution in [3.8, 4) is 0 Å². The van der Waals surface area contributed by atoms with E-state index < -0.39 is 0 Å². The minimum Gasteiger partial charge on any atom is -0.460 e. The van der Waals surface area contributed by atoms with Crippen molar-refractivity contribution in [3.05, 3.63) is 10.4 Å². The molecular formula is C30H55N3O4. The Balaban J connectivity index is 3.49. The van der Waals surface area contributed by atoms with Gasteiger partial charge in [-0.3, -0.25) is 14.4 Å². The van der Waals surface area contributed by atoms with Crippen molar-refractivity contribution in [1.29, 1.82) is 0 Å². The molecule has 7 heteroatoms. The Morgan fingerprint density at radius 3 is 1.62 bits per heavy atom. The normalized spacial score (nSPS) is 12.1. The molecule has 0 aromatic carbocycles. The number of hydrogen-bond acceptors (Lipinski definition) is 5. The summed E-state index contributed by atoms with van der Waals surface area (Å²) in [6, 6.07) is 0. The van der Waals surface area contributed by atoms with Crippen LogP contribution in [0.25, 0.3) is 10.4 Å². The Labute approximate surface area is 226 Å². The SMILES string of the molecule is CC(=O)C(CCCCN=[N+]=[N-])CC(=O)CCCCCCCCCCCCCCCCC(=O)OC(C)(C)C. The lowest BCUT2D eigenvalue weighted by molar-refractivity contribution is -0.154. The summed E-state index contributed by atoms with van der Waals surface area (Å²) in [5.41, 5.74) is 7.92. The topological polar surface area (TPSA) is 109 Å². The smallest absolute Gasteiger partial charge is 0.306 e. The first-order chi connectivity index (χ1) is 17.7. The monoisotopic (exact) mass is 521 g/mol. The van der Waals surface area contributed by atoms with Gasteiger partial charge in [0.25, 0.3) is 0 Å². The van der Waals surface area contributed by atoms with Crippen LogP contribution in [0.3, 0.4) is 0 Å². The van der Waals surface area contributed by atoms with E-state index in [2.05, 4.69) is 10.0 Å². The van der Waals surface area contributed by atoms with Crippen molar-refractivity contribution in [3.63, 3.8) is 0 Å². The summed E-state index contributed by atoms with van der Waals surface area (Å²) < 4.78 is 5.33. The van der Waals surface area contributed by atoms with Crippen molar-refractivity contribution in [2.75, 3.05) is 6.54 Å². The fraction of sp³-hybridized carbons (Fsp3) is 0.900. The summed E-state index contributed by atoms with van der Waals surface area (Å²) in [4.78, 5) is 38.5. The van der Waals surface area contributed by atoms with Crippen LogP contribution in [0.4, 0.5) is 0 Å². The molecule has 0 heterocycles. The van der Waals surface area contributed by atoms with Gasteiger partial charge in [-0.1, -0.05) is 88.6 Å². The zero-order chi connectivity index (χ0) is 27.8. The molecule has 0 radical (unpaired) electrons. The molecule has 0 aromatic heterocycles. The number of carbonyl (C=O) groups is 3. The highest BCUT2D eigenvalue weighted by Gasteiger charge is 2.18. The van der Waals surface area contributed by atoms with Crippen LogP contribution in [0.5, 0.6) is 0 Å². The Bertz CT molecular complexity index is 666. The second-order valence-corrected chi connectivity index (χ2v) is 11.5. The zero-order valence-corrected chi connectivity index (χ0v) is 24.4. The Kier molecular flexibility index (Phi) is 22.1. The molecule has 0 aliphatic carbocycles. The molecule has 0 rings (SSSR count). The van der Waals surface area contributed by atoms with Gasteiger partial charge in [0.15, 0.2) is 0 Å². The molecule has 214 valence electrons. The molecule has 7 nitrogen and oxygen atoms in total. The molecule has 0 N–H and O–H groups in total. The number of ether oxygens (including phenoxy) is 1. The molecule has 37 heavy (non-hydrogen) atoms. The predicted octanol–water partition coefficient (Wildman–Crippen LogP) is 9.21. The summed E-state index contributed by atoms with van der Waals surface area (Å²) in [6.45, 7) is 7.75. The third-order valence-corrected chi connectivity index (χ3v) is 6.68. The van der Waals surface area contributed by atoms with Crippen LogP contribution >= 0.6 is 0 Å². The van der Waals surface area contributed by atoms with Crippen LogP contribution in [-0.4, -0.2) is 29.7 Å². The van der Waals surface area contributed by atoms with Gasteiger partial charge in [-0.25, -0.2) is 0 Å². The number of hydrogen-bond donors (Lipinski definition) is 0. The lowest BCUT2D eigenvalue weighted by Gasteiger charge is -2.19. The zero-order valence-electron chi connectivity index (χ0n) is 24.4. The van der Waals surface area contributed by atoms with Crippen molar-refractivity contribution in [2.24, 2.45) is 11.0 Å². The maximum absolute atomic E-state index is 12.3. The highest BCUT2D eigenvalue weighted by molar-refractivity contribution is 5.86. The Hall–Kier alpha value is -1.88. The van der Waals surface area contributed by atoms with Gasteiger partial charge in [0.1, 0.15) is 17.2 Å². The van der Waals surface area contributed by atoms with Crippen molar-refractivity contribution < 1.29 is 19.1 Å². The summed E-state index contributed by atoms with van der Waals surface area (Å²) in [6.07, 6.45) is 20.5. The number of azide groups is 1. The van der Waals surface area contributed by atoms with E-state index in [1.807, 2.05) is 20.8 Å². The van der Waals surface area contributed by atoms with E-state index in [1.165, 1.54) is 64.2 Å². The fourth-order valence-corrected chi connectivity index (χ4v) is 4.55. The van der Waals surface area contributed by atoms with Gasteiger partial charge in [-0.2, -0.15) is 0 Å². The average Bonchev–Trinajstić information content (AvgIpc) is 2.81. The summed E-state index contributed by atoms with van der Waals surface area (Å²) in [5, 5.41) is 3.51. The molecule has 1 atom stereocenters. The molecule has 0 bridgehead atoms. The number of rotatable bonds is 25. The van der Waals surface area contributed by atoms with E-state index in [9.17, 15) is 14.4 Å². The van der Waals surface area contributed by atoms with Gasteiger partial charge in [0, 0.05) is 36.6 Å². The maximum Gasteiger partial charge on any atom is 0.306 e. The quantitative estimate of drug-likeness (QED) is 0.0392. The van der Waals surface area contributed by atoms with E-state index in [4.69, 9.17) is 10.3 Å². The number of unbranched alkanes of at least 4 members (excludes halogenated alkanes) is 14. The van der Waals surface area contributed by atoms with E-state index in [0.717, 1.165) is 38.5 Å². The van der Waals surface area contributed by atoms with Gasteiger partial charge in [-0.05, 0) is 58.9 Å². The first-order valence-electron chi connectivity index (χ1n) is 14.9. The predicted molar refractivity (Wildman–Crippen MR) is 151 cm³/mol. The van der Waals surface area contributed by atoms with Crippen LogP contribution < -0.4 is 0 Å². The molecular weight excluding hydrogens is 466 g/mol. The van der Waals surface area contributed by atoms with Gasteiger partial charge in [0.2, 0.25) is 0 Å². The molecule has 0 aromatic rings. The number of carbonyl (C=O) groups excluding carboxylic acids is 3. The lowest BCUT2D eigenvalue weighted by atomic mass is 9.91. The summed E-state index contributed by atoms with van der Waals surface area (Å²) in [5.74, 6) is 0.0418. The minimum atomic E-state index is -0.378. The van der Waals surface area contributed by atoms with E-state index in [1.54, 1.807) is 6.92 Å². The molecule has 0 amide bonds. The van der Waals surface area contributed by atoms with Crippen molar-refractivity contribution in [1.82, 2.24) is 0 Å². The third-order valence-electron chi connectivity index (χ3n) is 6.68. The van der Waals surface area contributed by atoms with Crippen molar-refractivity contribution >= 4 is 17.5 Å². The molecule has 0 spiro atoms. The number of esters is 1. The van der Waals surface area contributed by atoms with E-state index in [0.29, 0.717) is 32.2 Å². The number of nitrogens with zero attached hydrogens (tertiary/aromatic N) is 3. The van der Waals surface area contributed by atoms with Crippen LogP contribution in [0.15, 0.2) is 5.11 Å². The molecule has 0 saturated carbocycles. The number of Topliss-reactive ketones (excluding diaryl/α,β-unsaturated/α-hetero) is 2. The molecule has 0 aliphatic heterocycles. The van der Waals surface area contributed by atoms with Crippen LogP contribution in [0.2, 0.25) is 0 Å². The molecule has 0 saturated heterocycles. The fourth-order valence-electron chi connectivity index (χ4n) is 4.55. The average molecular weight is 522 g/mol. The second-order valence-electron chi connectivity index (χ2n) is 11.5. The highest BCUT2D eigenvalue weighted by Crippen LogP contribution is 2.18. The highest BCUT2D eigenvalue weighted by atomic mass is 16.6. The van der Waals surface area contributed by atoms with E-state index in [-0.39, 0.29) is 29.1 Å². The first-order valence-corrected chi connectivity index (χ1v) is 14.9. The maximum atomic E-state index is 12.3. The largest absolute Gasteiger partial charge is 0.460 e. The summed E-state index contributed by atoms with van der Waals surface area (Å²) >= 11 is 0. The lowest BCUT2D eigenvalue weighted by Crippen LogP contribution is -2.23. The van der Waals surface area contributed by atoms with Crippen molar-refractivity contribution in [2.45, 2.75) is 162 Å². The Morgan fingerprint density at radius 1 is 0.730 bits per heavy atom. The third kappa shape index (κ3) is 25.5. The Morgan fingerprint density at radius 2 is 1.19 bits per heavy atom. The van der Waals surface area contributed by atoms with Crippen LogP contribution in [0.1, 0.15) is 156 Å². The van der Waals surface area contributed by atoms with Gasteiger partial charge < -0.3 is 4.74 Å².